The third-order valence-corrected chi connectivity index (χ3v) is 2.46. The summed E-state index contributed by atoms with van der Waals surface area (Å²) in [6, 6.07) is 0. The molecule has 0 radical (unpaired) electrons. The Morgan fingerprint density at radius 1 is 1.35 bits per heavy atom. The van der Waals surface area contributed by atoms with Gasteiger partial charge in [0, 0.05) is 0 Å². The van der Waals surface area contributed by atoms with Crippen molar-refractivity contribution in [3.8, 4) is 0 Å². The number of hydrogen-bond donors (Lipinski definition) is 0. The highest BCUT2D eigenvalue weighted by Crippen LogP contribution is 2.23. The molecular formula is C9H8ClF3N4. The predicted molar refractivity (Wildman–Crippen MR) is 55.7 cm³/mol. The smallest absolute Gasteiger partial charge is 0.247 e. The fourth-order valence-corrected chi connectivity index (χ4v) is 1.67. The second-order valence-corrected chi connectivity index (χ2v) is 3.89. The molecule has 0 saturated carbocycles. The second kappa shape index (κ2) is 4.14. The minimum Gasteiger partial charge on any atom is -0.247 e. The first-order valence-corrected chi connectivity index (χ1v) is 5.17. The first-order chi connectivity index (χ1) is 7.87. The number of hydrogen-bond acceptors (Lipinski definition) is 3. The predicted octanol–water partition coefficient (Wildman–Crippen LogP) is 2.74. The third kappa shape index (κ3) is 2.66. The molecule has 0 N–H and O–H groups in total. The lowest BCUT2D eigenvalue weighted by Gasteiger charge is -2.06. The van der Waals surface area contributed by atoms with Crippen molar-refractivity contribution in [3.63, 3.8) is 0 Å². The molecule has 2 rings (SSSR count). The molecule has 0 saturated heterocycles. The van der Waals surface area contributed by atoms with Crippen LogP contribution in [0, 0.1) is 6.92 Å². The van der Waals surface area contributed by atoms with E-state index in [4.69, 9.17) is 11.6 Å². The molecule has 0 bridgehead atoms. The Morgan fingerprint density at radius 3 is 2.71 bits per heavy atom. The Balaban J connectivity index is 2.36. The van der Waals surface area contributed by atoms with E-state index >= 15 is 0 Å². The maximum atomic E-state index is 12.1. The van der Waals surface area contributed by atoms with E-state index < -0.39 is 12.6 Å². The normalized spacial score (nSPS) is 12.3. The van der Waals surface area contributed by atoms with Gasteiger partial charge in [-0.05, 0) is 6.92 Å². The van der Waals surface area contributed by atoms with Gasteiger partial charge in [0.1, 0.15) is 11.0 Å². The van der Waals surface area contributed by atoms with Crippen LogP contribution >= 0.6 is 11.6 Å². The van der Waals surface area contributed by atoms with Crippen LogP contribution < -0.4 is 0 Å². The van der Waals surface area contributed by atoms with E-state index in [2.05, 4.69) is 15.1 Å². The highest BCUT2D eigenvalue weighted by atomic mass is 35.5. The summed E-state index contributed by atoms with van der Waals surface area (Å²) in [5.41, 5.74) is 0.326. The lowest BCUT2D eigenvalue weighted by molar-refractivity contribution is -0.137. The molecule has 0 amide bonds. The van der Waals surface area contributed by atoms with Crippen molar-refractivity contribution in [1.29, 1.82) is 0 Å². The minimum atomic E-state index is -4.22. The fraction of sp³-hybridized carbons (Fsp3) is 0.444. The lowest BCUT2D eigenvalue weighted by Crippen LogP contribution is -2.13. The summed E-state index contributed by atoms with van der Waals surface area (Å²) >= 11 is 5.84. The van der Waals surface area contributed by atoms with Crippen molar-refractivity contribution in [2.45, 2.75) is 26.1 Å². The average molecular weight is 265 g/mol. The number of aromatic nitrogens is 4. The molecule has 0 fully saturated rings. The maximum Gasteiger partial charge on any atom is 0.390 e. The number of fused-ring (bicyclic) bond motifs is 1. The van der Waals surface area contributed by atoms with Crippen LogP contribution in [-0.4, -0.2) is 25.9 Å². The molecule has 8 heteroatoms. The molecule has 17 heavy (non-hydrogen) atoms. The molecule has 2 heterocycles. The van der Waals surface area contributed by atoms with Gasteiger partial charge >= 0.3 is 6.18 Å². The SMILES string of the molecule is Cc1nc(Cl)c2cnn(CCC(F)(F)F)c2n1. The second-order valence-electron chi connectivity index (χ2n) is 3.53. The molecule has 0 aliphatic rings. The molecule has 0 atom stereocenters. The molecule has 2 aromatic heterocycles. The van der Waals surface area contributed by atoms with E-state index in [9.17, 15) is 13.2 Å². The summed E-state index contributed by atoms with van der Waals surface area (Å²) in [6.45, 7) is 1.34. The summed E-state index contributed by atoms with van der Waals surface area (Å²) < 4.78 is 37.5. The highest BCUT2D eigenvalue weighted by molar-refractivity contribution is 6.33. The summed E-state index contributed by atoms with van der Waals surface area (Å²) in [6.07, 6.45) is -3.80. The van der Waals surface area contributed by atoms with Crippen molar-refractivity contribution in [2.75, 3.05) is 0 Å². The highest BCUT2D eigenvalue weighted by Gasteiger charge is 2.27. The summed E-state index contributed by atoms with van der Waals surface area (Å²) in [5.74, 6) is 0.399. The van der Waals surface area contributed by atoms with Gasteiger partial charge < -0.3 is 0 Å². The number of rotatable bonds is 2. The zero-order chi connectivity index (χ0) is 12.6. The van der Waals surface area contributed by atoms with Gasteiger partial charge in [-0.25, -0.2) is 14.6 Å². The van der Waals surface area contributed by atoms with Crippen LogP contribution in [0.15, 0.2) is 6.20 Å². The monoisotopic (exact) mass is 264 g/mol. The number of alkyl halides is 3. The first kappa shape index (κ1) is 12.1. The molecule has 0 aromatic carbocycles. The van der Waals surface area contributed by atoms with Crippen LogP contribution in [-0.2, 0) is 6.54 Å². The van der Waals surface area contributed by atoms with Gasteiger partial charge in [-0.3, -0.25) is 0 Å². The standard InChI is InChI=1S/C9H8ClF3N4/c1-5-15-7(10)6-4-14-17(8(6)16-5)3-2-9(11,12)13/h4H,2-3H2,1H3. The van der Waals surface area contributed by atoms with Crippen molar-refractivity contribution < 1.29 is 13.2 Å². The van der Waals surface area contributed by atoms with Crippen molar-refractivity contribution in [2.24, 2.45) is 0 Å². The molecule has 0 spiro atoms. The van der Waals surface area contributed by atoms with Crippen molar-refractivity contribution in [3.05, 3.63) is 17.2 Å². The molecule has 4 nitrogen and oxygen atoms in total. The Bertz CT molecular complexity index is 549. The van der Waals surface area contributed by atoms with Gasteiger partial charge in [-0.15, -0.1) is 0 Å². The number of halogens is 4. The quantitative estimate of drug-likeness (QED) is 0.784. The van der Waals surface area contributed by atoms with Crippen LogP contribution in [0.25, 0.3) is 11.0 Å². The van der Waals surface area contributed by atoms with Crippen LogP contribution in [0.1, 0.15) is 12.2 Å². The van der Waals surface area contributed by atoms with Gasteiger partial charge in [0.25, 0.3) is 0 Å². The average Bonchev–Trinajstić information content (AvgIpc) is 2.57. The van der Waals surface area contributed by atoms with E-state index in [1.165, 1.54) is 10.9 Å². The molecule has 0 aliphatic carbocycles. The Labute approximate surface area is 99.4 Å². The molecule has 0 aliphatic heterocycles. The van der Waals surface area contributed by atoms with E-state index in [0.29, 0.717) is 16.9 Å². The van der Waals surface area contributed by atoms with E-state index in [1.54, 1.807) is 6.92 Å². The molecule has 0 unspecified atom stereocenters. The van der Waals surface area contributed by atoms with Crippen LogP contribution in [0.5, 0.6) is 0 Å². The molecule has 2 aromatic rings. The van der Waals surface area contributed by atoms with Gasteiger partial charge in [0.2, 0.25) is 0 Å². The first-order valence-electron chi connectivity index (χ1n) is 4.79. The zero-order valence-corrected chi connectivity index (χ0v) is 9.55. The zero-order valence-electron chi connectivity index (χ0n) is 8.79. The van der Waals surface area contributed by atoms with E-state index in [0.717, 1.165) is 0 Å². The van der Waals surface area contributed by atoms with Gasteiger partial charge in [-0.2, -0.15) is 18.3 Å². The summed E-state index contributed by atoms with van der Waals surface area (Å²) in [4.78, 5) is 7.94. The third-order valence-electron chi connectivity index (χ3n) is 2.17. The van der Waals surface area contributed by atoms with E-state index in [1.807, 2.05) is 0 Å². The van der Waals surface area contributed by atoms with Gasteiger partial charge in [0.05, 0.1) is 24.5 Å². The molecular weight excluding hydrogens is 257 g/mol. The van der Waals surface area contributed by atoms with Crippen LogP contribution in [0.2, 0.25) is 5.15 Å². The Morgan fingerprint density at radius 2 is 2.06 bits per heavy atom. The summed E-state index contributed by atoms with van der Waals surface area (Å²) in [5, 5.41) is 4.49. The number of nitrogens with zero attached hydrogens (tertiary/aromatic N) is 4. The molecule has 92 valence electrons. The fourth-order valence-electron chi connectivity index (χ4n) is 1.42. The lowest BCUT2D eigenvalue weighted by atomic mass is 10.4. The van der Waals surface area contributed by atoms with Gasteiger partial charge in [0.15, 0.2) is 5.65 Å². The minimum absolute atomic E-state index is 0.200. The Hall–Kier alpha value is -1.37. The summed E-state index contributed by atoms with van der Waals surface area (Å²) in [7, 11) is 0. The maximum absolute atomic E-state index is 12.1. The van der Waals surface area contributed by atoms with Crippen molar-refractivity contribution >= 4 is 22.6 Å². The van der Waals surface area contributed by atoms with Crippen LogP contribution in [0.3, 0.4) is 0 Å². The topological polar surface area (TPSA) is 43.6 Å². The van der Waals surface area contributed by atoms with E-state index in [-0.39, 0.29) is 11.7 Å². The largest absolute Gasteiger partial charge is 0.390 e. The number of aryl methyl sites for hydroxylation is 2. The Kier molecular flexibility index (Phi) is 2.94. The van der Waals surface area contributed by atoms with Crippen molar-refractivity contribution in [1.82, 2.24) is 19.7 Å². The van der Waals surface area contributed by atoms with Crippen LogP contribution in [0.4, 0.5) is 13.2 Å². The van der Waals surface area contributed by atoms with Gasteiger partial charge in [-0.1, -0.05) is 11.6 Å².